The molecule has 3 rings (SSSR count). The molecule has 0 aliphatic carbocycles. The fourth-order valence-electron chi connectivity index (χ4n) is 3.15. The number of hydrogen-bond acceptors (Lipinski definition) is 4. The Morgan fingerprint density at radius 3 is 2.34 bits per heavy atom. The summed E-state index contributed by atoms with van der Waals surface area (Å²) in [6, 6.07) is 12.8. The van der Waals surface area contributed by atoms with E-state index in [1.54, 1.807) is 24.3 Å². The van der Waals surface area contributed by atoms with E-state index in [2.05, 4.69) is 25.4 Å². The Labute approximate surface area is 169 Å². The summed E-state index contributed by atoms with van der Waals surface area (Å²) in [4.78, 5) is 21.0. The van der Waals surface area contributed by atoms with Crippen molar-refractivity contribution in [3.8, 4) is 5.75 Å². The first-order chi connectivity index (χ1) is 14.0. The third kappa shape index (κ3) is 5.84. The Hall–Kier alpha value is -3.29. The largest absolute Gasteiger partial charge is 0.508 e. The number of guanidine groups is 1. The van der Waals surface area contributed by atoms with Crippen LogP contribution in [-0.4, -0.2) is 61.1 Å². The van der Waals surface area contributed by atoms with E-state index in [0.717, 1.165) is 31.9 Å². The van der Waals surface area contributed by atoms with Crippen LogP contribution < -0.4 is 15.5 Å². The number of piperazine rings is 1. The zero-order chi connectivity index (χ0) is 20.6. The smallest absolute Gasteiger partial charge is 0.246 e. The van der Waals surface area contributed by atoms with E-state index in [1.165, 1.54) is 24.3 Å². The standard InChI is InChI=1S/C21H26FN5O2/c1-2-23-21(24-15-20(29)25-17-5-9-19(28)10-6-17)27-13-11-26(12-14-27)18-7-3-16(22)4-8-18/h3-10,28H,2,11-15H2,1H3,(H,23,24)(H,25,29). The van der Waals surface area contributed by atoms with E-state index in [0.29, 0.717) is 18.2 Å². The Balaban J connectivity index is 1.55. The van der Waals surface area contributed by atoms with Crippen molar-refractivity contribution in [1.29, 1.82) is 0 Å². The van der Waals surface area contributed by atoms with E-state index >= 15 is 0 Å². The van der Waals surface area contributed by atoms with Crippen molar-refractivity contribution in [2.45, 2.75) is 6.92 Å². The summed E-state index contributed by atoms with van der Waals surface area (Å²) in [6.45, 7) is 5.77. The van der Waals surface area contributed by atoms with Crippen molar-refractivity contribution in [3.63, 3.8) is 0 Å². The minimum absolute atomic E-state index is 0.00138. The summed E-state index contributed by atoms with van der Waals surface area (Å²) >= 11 is 0. The molecule has 0 aromatic heterocycles. The van der Waals surface area contributed by atoms with Gasteiger partial charge in [0.2, 0.25) is 5.91 Å². The van der Waals surface area contributed by atoms with E-state index in [1.807, 2.05) is 6.92 Å². The number of carbonyl (C=O) groups is 1. The molecule has 0 bridgehead atoms. The van der Waals surface area contributed by atoms with Crippen LogP contribution in [-0.2, 0) is 4.79 Å². The maximum absolute atomic E-state index is 13.1. The van der Waals surface area contributed by atoms with Gasteiger partial charge in [0, 0.05) is 44.1 Å². The van der Waals surface area contributed by atoms with E-state index in [4.69, 9.17) is 0 Å². The van der Waals surface area contributed by atoms with Gasteiger partial charge in [0.05, 0.1) is 0 Å². The highest BCUT2D eigenvalue weighted by Crippen LogP contribution is 2.17. The number of nitrogens with zero attached hydrogens (tertiary/aromatic N) is 3. The molecule has 1 fully saturated rings. The average molecular weight is 399 g/mol. The van der Waals surface area contributed by atoms with Gasteiger partial charge in [-0.05, 0) is 55.5 Å². The topological polar surface area (TPSA) is 80.2 Å². The van der Waals surface area contributed by atoms with E-state index < -0.39 is 0 Å². The van der Waals surface area contributed by atoms with Gasteiger partial charge in [-0.25, -0.2) is 9.38 Å². The lowest BCUT2D eigenvalue weighted by Gasteiger charge is -2.37. The van der Waals surface area contributed by atoms with Crippen molar-refractivity contribution in [2.24, 2.45) is 4.99 Å². The minimum atomic E-state index is -0.237. The van der Waals surface area contributed by atoms with Crippen LogP contribution in [0.15, 0.2) is 53.5 Å². The van der Waals surface area contributed by atoms with Crippen molar-refractivity contribution in [3.05, 3.63) is 54.3 Å². The van der Waals surface area contributed by atoms with Gasteiger partial charge < -0.3 is 25.5 Å². The molecule has 154 valence electrons. The first-order valence-corrected chi connectivity index (χ1v) is 9.68. The molecule has 3 N–H and O–H groups in total. The van der Waals surface area contributed by atoms with Crippen molar-refractivity contribution < 1.29 is 14.3 Å². The fraction of sp³-hybridized carbons (Fsp3) is 0.333. The number of aromatic hydroxyl groups is 1. The van der Waals surface area contributed by atoms with Gasteiger partial charge in [-0.15, -0.1) is 0 Å². The number of aliphatic imine (C=N–C) groups is 1. The molecule has 1 heterocycles. The maximum Gasteiger partial charge on any atom is 0.246 e. The lowest BCUT2D eigenvalue weighted by atomic mass is 10.2. The van der Waals surface area contributed by atoms with Gasteiger partial charge in [-0.1, -0.05) is 0 Å². The summed E-state index contributed by atoms with van der Waals surface area (Å²) in [6.07, 6.45) is 0. The highest BCUT2D eigenvalue weighted by atomic mass is 19.1. The molecule has 8 heteroatoms. The number of nitrogens with one attached hydrogen (secondary N) is 2. The normalized spacial score (nSPS) is 14.6. The molecule has 0 atom stereocenters. The monoisotopic (exact) mass is 399 g/mol. The first-order valence-electron chi connectivity index (χ1n) is 9.68. The second-order valence-electron chi connectivity index (χ2n) is 6.72. The lowest BCUT2D eigenvalue weighted by molar-refractivity contribution is -0.114. The highest BCUT2D eigenvalue weighted by Gasteiger charge is 2.20. The third-order valence-corrected chi connectivity index (χ3v) is 4.63. The van der Waals surface area contributed by atoms with Crippen LogP contribution in [0, 0.1) is 5.82 Å². The van der Waals surface area contributed by atoms with Crippen molar-refractivity contribution in [1.82, 2.24) is 10.2 Å². The molecular weight excluding hydrogens is 373 g/mol. The summed E-state index contributed by atoms with van der Waals surface area (Å²) < 4.78 is 13.1. The molecule has 1 aliphatic rings. The van der Waals surface area contributed by atoms with Gasteiger partial charge in [0.25, 0.3) is 0 Å². The van der Waals surface area contributed by atoms with Gasteiger partial charge in [-0.2, -0.15) is 0 Å². The SMILES string of the molecule is CCNC(=NCC(=O)Nc1ccc(O)cc1)N1CCN(c2ccc(F)cc2)CC1. The number of carbonyl (C=O) groups excluding carboxylic acids is 1. The van der Waals surface area contributed by atoms with Crippen LogP contribution in [0.2, 0.25) is 0 Å². The third-order valence-electron chi connectivity index (χ3n) is 4.63. The quantitative estimate of drug-likeness (QED) is 0.408. The number of phenols is 1. The van der Waals surface area contributed by atoms with Crippen LogP contribution in [0.3, 0.4) is 0 Å². The van der Waals surface area contributed by atoms with Crippen LogP contribution in [0.5, 0.6) is 5.75 Å². The van der Waals surface area contributed by atoms with Crippen molar-refractivity contribution in [2.75, 3.05) is 49.5 Å². The summed E-state index contributed by atoms with van der Waals surface area (Å²) in [7, 11) is 0. The molecule has 0 unspecified atom stereocenters. The van der Waals surface area contributed by atoms with E-state index in [9.17, 15) is 14.3 Å². The number of rotatable bonds is 5. The molecule has 2 aromatic rings. The number of benzene rings is 2. The second-order valence-corrected chi connectivity index (χ2v) is 6.72. The summed E-state index contributed by atoms with van der Waals surface area (Å²) in [5.41, 5.74) is 1.61. The molecule has 0 spiro atoms. The van der Waals surface area contributed by atoms with Gasteiger partial charge in [-0.3, -0.25) is 4.79 Å². The van der Waals surface area contributed by atoms with Crippen LogP contribution in [0.4, 0.5) is 15.8 Å². The van der Waals surface area contributed by atoms with Gasteiger partial charge >= 0.3 is 0 Å². The number of amides is 1. The molecule has 29 heavy (non-hydrogen) atoms. The number of phenolic OH excluding ortho intramolecular Hbond substituents is 1. The molecule has 1 amide bonds. The molecular formula is C21H26FN5O2. The molecule has 2 aromatic carbocycles. The number of anilines is 2. The zero-order valence-corrected chi connectivity index (χ0v) is 16.4. The van der Waals surface area contributed by atoms with Gasteiger partial charge in [0.15, 0.2) is 5.96 Å². The second kappa shape index (κ2) is 9.77. The van der Waals surface area contributed by atoms with Crippen LogP contribution in [0.1, 0.15) is 6.92 Å². The number of hydrogen-bond donors (Lipinski definition) is 3. The van der Waals surface area contributed by atoms with Crippen molar-refractivity contribution >= 4 is 23.2 Å². The summed E-state index contributed by atoms with van der Waals surface area (Å²) in [5, 5.41) is 15.3. The average Bonchev–Trinajstić information content (AvgIpc) is 2.73. The van der Waals surface area contributed by atoms with E-state index in [-0.39, 0.29) is 24.0 Å². The van der Waals surface area contributed by atoms with Crippen LogP contribution in [0.25, 0.3) is 0 Å². The highest BCUT2D eigenvalue weighted by molar-refractivity contribution is 5.94. The number of halogens is 1. The maximum atomic E-state index is 13.1. The molecule has 1 aliphatic heterocycles. The Morgan fingerprint density at radius 1 is 1.07 bits per heavy atom. The van der Waals surface area contributed by atoms with Crippen LogP contribution >= 0.6 is 0 Å². The predicted molar refractivity (Wildman–Crippen MR) is 113 cm³/mol. The predicted octanol–water partition coefficient (Wildman–Crippen LogP) is 2.26. The molecule has 1 saturated heterocycles. The molecule has 0 radical (unpaired) electrons. The van der Waals surface area contributed by atoms with Gasteiger partial charge in [0.1, 0.15) is 18.1 Å². The lowest BCUT2D eigenvalue weighted by Crippen LogP contribution is -2.52. The Kier molecular flexibility index (Phi) is 6.89. The fourth-order valence-corrected chi connectivity index (χ4v) is 3.15. The Bertz CT molecular complexity index is 831. The molecule has 7 nitrogen and oxygen atoms in total. The Morgan fingerprint density at radius 2 is 1.72 bits per heavy atom. The summed E-state index contributed by atoms with van der Waals surface area (Å²) in [5.74, 6) is 0.387. The molecule has 0 saturated carbocycles. The minimum Gasteiger partial charge on any atom is -0.508 e. The zero-order valence-electron chi connectivity index (χ0n) is 16.4. The first kappa shape index (κ1) is 20.4.